The Hall–Kier alpha value is -3.12. The molecule has 144 valence electrons. The lowest BCUT2D eigenvalue weighted by atomic mass is 10.1. The van der Waals surface area contributed by atoms with Crippen molar-refractivity contribution in [2.75, 3.05) is 13.2 Å². The van der Waals surface area contributed by atoms with Gasteiger partial charge >= 0.3 is 0 Å². The molecule has 0 saturated heterocycles. The van der Waals surface area contributed by atoms with Crippen molar-refractivity contribution in [2.24, 2.45) is 0 Å². The van der Waals surface area contributed by atoms with Crippen molar-refractivity contribution in [3.8, 4) is 11.4 Å². The third-order valence-electron chi connectivity index (χ3n) is 5.04. The molecule has 1 aliphatic rings. The molecule has 1 aliphatic heterocycles. The Morgan fingerprint density at radius 2 is 2.04 bits per heavy atom. The van der Waals surface area contributed by atoms with Crippen molar-refractivity contribution in [3.05, 3.63) is 77.1 Å². The van der Waals surface area contributed by atoms with Gasteiger partial charge in [0.25, 0.3) is 5.91 Å². The number of carbonyl (C=O) groups is 1. The van der Waals surface area contributed by atoms with E-state index in [1.54, 1.807) is 0 Å². The van der Waals surface area contributed by atoms with Gasteiger partial charge in [-0.1, -0.05) is 30.3 Å². The summed E-state index contributed by atoms with van der Waals surface area (Å²) in [6.07, 6.45) is 1.82. The highest BCUT2D eigenvalue weighted by Gasteiger charge is 2.21. The molecule has 0 saturated carbocycles. The number of rotatable bonds is 4. The van der Waals surface area contributed by atoms with Crippen LogP contribution in [0.1, 0.15) is 40.1 Å². The third kappa shape index (κ3) is 3.51. The minimum Gasteiger partial charge on any atom is -0.491 e. The monoisotopic (exact) mass is 376 g/mol. The molecule has 0 aliphatic carbocycles. The molecule has 2 heterocycles. The lowest BCUT2D eigenvalue weighted by Gasteiger charge is -2.17. The van der Waals surface area contributed by atoms with E-state index in [1.165, 1.54) is 0 Å². The number of para-hydroxylation sites is 2. The fourth-order valence-electron chi connectivity index (χ4n) is 3.55. The lowest BCUT2D eigenvalue weighted by Crippen LogP contribution is -2.27. The van der Waals surface area contributed by atoms with Gasteiger partial charge in [0.1, 0.15) is 12.4 Å². The van der Waals surface area contributed by atoms with Gasteiger partial charge in [0.2, 0.25) is 0 Å². The Kier molecular flexibility index (Phi) is 5.12. The summed E-state index contributed by atoms with van der Waals surface area (Å²) in [5.41, 5.74) is 4.57. The van der Waals surface area contributed by atoms with Crippen molar-refractivity contribution in [1.82, 2.24) is 20.4 Å². The molecule has 0 bridgehead atoms. The van der Waals surface area contributed by atoms with Crippen molar-refractivity contribution in [1.29, 1.82) is 0 Å². The van der Waals surface area contributed by atoms with E-state index in [4.69, 9.17) is 4.74 Å². The molecule has 6 heteroatoms. The molecule has 28 heavy (non-hydrogen) atoms. The van der Waals surface area contributed by atoms with E-state index in [9.17, 15) is 4.79 Å². The van der Waals surface area contributed by atoms with Crippen LogP contribution in [0.25, 0.3) is 5.69 Å². The van der Waals surface area contributed by atoms with Gasteiger partial charge in [0, 0.05) is 29.9 Å². The molecular weight excluding hydrogens is 352 g/mol. The Morgan fingerprint density at radius 1 is 1.21 bits per heavy atom. The van der Waals surface area contributed by atoms with Crippen LogP contribution in [0.5, 0.6) is 5.75 Å². The third-order valence-corrected chi connectivity index (χ3v) is 5.04. The number of hydrogen-bond acceptors (Lipinski definition) is 4. The maximum Gasteiger partial charge on any atom is 0.255 e. The van der Waals surface area contributed by atoms with E-state index < -0.39 is 0 Å². The largest absolute Gasteiger partial charge is 0.491 e. The highest BCUT2D eigenvalue weighted by Crippen LogP contribution is 2.27. The molecule has 1 unspecified atom stereocenters. The van der Waals surface area contributed by atoms with Crippen molar-refractivity contribution < 1.29 is 9.53 Å². The van der Waals surface area contributed by atoms with Gasteiger partial charge in [-0.3, -0.25) is 4.79 Å². The van der Waals surface area contributed by atoms with Crippen LogP contribution in [0.2, 0.25) is 0 Å². The van der Waals surface area contributed by atoms with Crippen molar-refractivity contribution >= 4 is 5.91 Å². The summed E-state index contributed by atoms with van der Waals surface area (Å²) in [6, 6.07) is 15.5. The van der Waals surface area contributed by atoms with E-state index in [0.29, 0.717) is 24.5 Å². The van der Waals surface area contributed by atoms with Crippen LogP contribution < -0.4 is 15.4 Å². The second-order valence-corrected chi connectivity index (χ2v) is 6.95. The van der Waals surface area contributed by atoms with Gasteiger partial charge in [-0.15, -0.1) is 0 Å². The quantitative estimate of drug-likeness (QED) is 0.734. The molecule has 1 amide bonds. The second kappa shape index (κ2) is 7.86. The van der Waals surface area contributed by atoms with Gasteiger partial charge < -0.3 is 15.4 Å². The second-order valence-electron chi connectivity index (χ2n) is 6.95. The zero-order valence-electron chi connectivity index (χ0n) is 16.1. The molecule has 1 aromatic heterocycles. The summed E-state index contributed by atoms with van der Waals surface area (Å²) in [5, 5.41) is 10.9. The molecule has 0 radical (unpaired) electrons. The van der Waals surface area contributed by atoms with Crippen LogP contribution in [0.3, 0.4) is 0 Å². The first-order chi connectivity index (χ1) is 13.6. The van der Waals surface area contributed by atoms with Crippen LogP contribution in [-0.2, 0) is 6.54 Å². The minimum absolute atomic E-state index is 0.141. The zero-order chi connectivity index (χ0) is 19.5. The molecule has 0 spiro atoms. The Morgan fingerprint density at radius 3 is 2.86 bits per heavy atom. The summed E-state index contributed by atoms with van der Waals surface area (Å²) < 4.78 is 7.72. The molecule has 0 fully saturated rings. The average molecular weight is 376 g/mol. The van der Waals surface area contributed by atoms with Crippen molar-refractivity contribution in [2.45, 2.75) is 26.4 Å². The lowest BCUT2D eigenvalue weighted by molar-refractivity contribution is 0.0936. The summed E-state index contributed by atoms with van der Waals surface area (Å²) in [7, 11) is 0. The topological polar surface area (TPSA) is 68.2 Å². The Bertz CT molecular complexity index is 981. The van der Waals surface area contributed by atoms with Crippen molar-refractivity contribution in [3.63, 3.8) is 0 Å². The van der Waals surface area contributed by atoms with Crippen LogP contribution in [0.15, 0.2) is 54.7 Å². The number of aromatic nitrogens is 2. The maximum absolute atomic E-state index is 13.0. The van der Waals surface area contributed by atoms with Gasteiger partial charge in [0.05, 0.1) is 23.5 Å². The molecule has 2 aromatic carbocycles. The number of nitrogens with zero attached hydrogens (tertiary/aromatic N) is 2. The average Bonchev–Trinajstić information content (AvgIpc) is 2.94. The molecule has 2 N–H and O–H groups in total. The Labute approximate surface area is 164 Å². The molecular formula is C22H24N4O2. The summed E-state index contributed by atoms with van der Waals surface area (Å²) in [5.74, 6) is 0.534. The normalized spacial score (nSPS) is 14.5. The molecule has 3 aromatic rings. The van der Waals surface area contributed by atoms with Gasteiger partial charge in [-0.25, -0.2) is 4.68 Å². The molecule has 1 atom stereocenters. The van der Waals surface area contributed by atoms with Gasteiger partial charge in [0.15, 0.2) is 0 Å². The number of carbonyl (C=O) groups excluding carboxylic acids is 1. The summed E-state index contributed by atoms with van der Waals surface area (Å²) in [6.45, 7) is 6.01. The number of nitrogens with one attached hydrogen (secondary N) is 2. The van der Waals surface area contributed by atoms with Crippen LogP contribution in [-0.4, -0.2) is 28.8 Å². The highest BCUT2D eigenvalue weighted by atomic mass is 16.5. The van der Waals surface area contributed by atoms with Crippen LogP contribution in [0, 0.1) is 6.92 Å². The van der Waals surface area contributed by atoms with Gasteiger partial charge in [-0.05, 0) is 32.0 Å². The zero-order valence-corrected chi connectivity index (χ0v) is 16.1. The first-order valence-corrected chi connectivity index (χ1v) is 9.51. The highest BCUT2D eigenvalue weighted by molar-refractivity contribution is 5.97. The van der Waals surface area contributed by atoms with Crippen LogP contribution >= 0.6 is 0 Å². The van der Waals surface area contributed by atoms with Gasteiger partial charge in [-0.2, -0.15) is 5.10 Å². The van der Waals surface area contributed by atoms with E-state index in [-0.39, 0.29) is 11.9 Å². The molecule has 6 nitrogen and oxygen atoms in total. The molecule has 4 rings (SSSR count). The summed E-state index contributed by atoms with van der Waals surface area (Å²) >= 11 is 0. The first kappa shape index (κ1) is 18.3. The fourth-order valence-corrected chi connectivity index (χ4v) is 3.55. The predicted octanol–water partition coefficient (Wildman–Crippen LogP) is 3.15. The predicted molar refractivity (Wildman–Crippen MR) is 108 cm³/mol. The smallest absolute Gasteiger partial charge is 0.255 e. The minimum atomic E-state index is -0.176. The first-order valence-electron chi connectivity index (χ1n) is 9.51. The number of hydrogen-bond donors (Lipinski definition) is 2. The van der Waals surface area contributed by atoms with E-state index >= 15 is 0 Å². The standard InChI is InChI=1S/C22H24N4O2/c1-15(20-14-24-26(16(20)2)18-8-4-3-5-9-18)25-22(27)19-10-6-7-17-13-23-11-12-28-21(17)19/h3-10,14-15,23H,11-13H2,1-2H3,(H,25,27). The maximum atomic E-state index is 13.0. The van der Waals surface area contributed by atoms with Crippen LogP contribution in [0.4, 0.5) is 0 Å². The SMILES string of the molecule is Cc1c(C(C)NC(=O)c2cccc3c2OCCNC3)cnn1-c1ccccc1. The Balaban J connectivity index is 1.56. The number of amides is 1. The van der Waals surface area contributed by atoms with E-state index in [0.717, 1.165) is 29.1 Å². The fraction of sp³-hybridized carbons (Fsp3) is 0.273. The van der Waals surface area contributed by atoms with E-state index in [1.807, 2.05) is 73.3 Å². The number of benzene rings is 2. The number of fused-ring (bicyclic) bond motifs is 1. The number of ether oxygens (including phenoxy) is 1. The van der Waals surface area contributed by atoms with E-state index in [2.05, 4.69) is 15.7 Å². The summed E-state index contributed by atoms with van der Waals surface area (Å²) in [4.78, 5) is 13.0.